The number of amides is 2. The summed E-state index contributed by atoms with van der Waals surface area (Å²) in [6, 6.07) is 12.8. The number of hydrogen-bond donors (Lipinski definition) is 1. The summed E-state index contributed by atoms with van der Waals surface area (Å²) >= 11 is 3.54. The lowest BCUT2D eigenvalue weighted by molar-refractivity contribution is -0.143. The molecule has 0 aliphatic rings. The van der Waals surface area contributed by atoms with Gasteiger partial charge in [0.2, 0.25) is 5.91 Å². The zero-order valence-corrected chi connectivity index (χ0v) is 22.6. The van der Waals surface area contributed by atoms with E-state index in [2.05, 4.69) is 35.1 Å². The topological polar surface area (TPSA) is 67.9 Å². The van der Waals surface area contributed by atoms with Gasteiger partial charge in [0.15, 0.2) is 6.61 Å². The molecule has 0 bridgehead atoms. The molecule has 0 aliphatic heterocycles. The van der Waals surface area contributed by atoms with Crippen molar-refractivity contribution < 1.29 is 19.1 Å². The van der Waals surface area contributed by atoms with Crippen LogP contribution in [0.15, 0.2) is 46.9 Å². The van der Waals surface area contributed by atoms with Crippen LogP contribution >= 0.6 is 15.9 Å². The molecule has 0 fully saturated rings. The molecule has 2 rings (SSSR count). The van der Waals surface area contributed by atoms with Gasteiger partial charge < -0.3 is 19.7 Å². The Kier molecular flexibility index (Phi) is 10.9. The second-order valence-corrected chi connectivity index (χ2v) is 9.60. The van der Waals surface area contributed by atoms with Crippen molar-refractivity contribution in [2.24, 2.45) is 0 Å². The number of nitrogens with zero attached hydrogens (tertiary/aromatic N) is 1. The van der Waals surface area contributed by atoms with Gasteiger partial charge >= 0.3 is 0 Å². The van der Waals surface area contributed by atoms with Crippen molar-refractivity contribution in [2.75, 3.05) is 13.7 Å². The minimum atomic E-state index is -0.598. The average molecular weight is 534 g/mol. The summed E-state index contributed by atoms with van der Waals surface area (Å²) in [7, 11) is 1.61. The van der Waals surface area contributed by atoms with Crippen molar-refractivity contribution in [3.63, 3.8) is 0 Å². The minimum Gasteiger partial charge on any atom is -0.497 e. The van der Waals surface area contributed by atoms with Gasteiger partial charge in [0.05, 0.1) is 11.6 Å². The number of rotatable bonds is 12. The Hall–Kier alpha value is -2.54. The van der Waals surface area contributed by atoms with Gasteiger partial charge in [-0.1, -0.05) is 45.9 Å². The van der Waals surface area contributed by atoms with Crippen LogP contribution in [0, 0.1) is 0 Å². The van der Waals surface area contributed by atoms with Crippen LogP contribution < -0.4 is 14.8 Å². The Morgan fingerprint density at radius 2 is 1.71 bits per heavy atom. The van der Waals surface area contributed by atoms with Crippen molar-refractivity contribution in [2.45, 2.75) is 72.0 Å². The molecule has 0 aliphatic carbocycles. The van der Waals surface area contributed by atoms with E-state index in [4.69, 9.17) is 9.47 Å². The van der Waals surface area contributed by atoms with Crippen molar-refractivity contribution in [3.8, 4) is 11.5 Å². The molecule has 0 saturated heterocycles. The van der Waals surface area contributed by atoms with Crippen LogP contribution in [0.1, 0.15) is 64.5 Å². The molecule has 0 unspecified atom stereocenters. The Labute approximate surface area is 212 Å². The van der Waals surface area contributed by atoms with Crippen LogP contribution in [0.3, 0.4) is 0 Å². The maximum atomic E-state index is 13.4. The summed E-state index contributed by atoms with van der Waals surface area (Å²) in [5, 5.41) is 3.02. The zero-order chi connectivity index (χ0) is 25.3. The number of carbonyl (C=O) groups excluding carboxylic acids is 2. The summed E-state index contributed by atoms with van der Waals surface area (Å²) in [4.78, 5) is 28.0. The smallest absolute Gasteiger partial charge is 0.261 e. The first kappa shape index (κ1) is 27.7. The quantitative estimate of drug-likeness (QED) is 0.381. The third-order valence-corrected chi connectivity index (χ3v) is 6.49. The van der Waals surface area contributed by atoms with E-state index in [1.54, 1.807) is 12.0 Å². The normalized spacial score (nSPS) is 12.7. The lowest BCUT2D eigenvalue weighted by atomic mass is 10.0. The molecule has 0 saturated carbocycles. The summed E-state index contributed by atoms with van der Waals surface area (Å²) in [5.74, 6) is 1.32. The third kappa shape index (κ3) is 7.76. The lowest BCUT2D eigenvalue weighted by Gasteiger charge is -2.31. The fraction of sp³-hybridized carbons (Fsp3) is 0.481. The maximum Gasteiger partial charge on any atom is 0.261 e. The van der Waals surface area contributed by atoms with Crippen LogP contribution in [0.5, 0.6) is 11.5 Å². The molecule has 2 aromatic rings. The van der Waals surface area contributed by atoms with E-state index in [0.717, 1.165) is 22.2 Å². The second kappa shape index (κ2) is 13.4. The molecule has 0 heterocycles. The Morgan fingerprint density at radius 3 is 2.24 bits per heavy atom. The highest BCUT2D eigenvalue weighted by atomic mass is 79.9. The summed E-state index contributed by atoms with van der Waals surface area (Å²) in [6.07, 6.45) is 1.31. The molecule has 7 heteroatoms. The molecule has 2 aromatic carbocycles. The number of ether oxygens (including phenoxy) is 2. The van der Waals surface area contributed by atoms with Gasteiger partial charge in [-0.2, -0.15) is 0 Å². The summed E-state index contributed by atoms with van der Waals surface area (Å²) in [5.41, 5.74) is 2.09. The van der Waals surface area contributed by atoms with Gasteiger partial charge in [-0.25, -0.2) is 0 Å². The minimum absolute atomic E-state index is 0.0335. The third-order valence-electron chi connectivity index (χ3n) is 5.87. The van der Waals surface area contributed by atoms with E-state index in [1.165, 1.54) is 5.56 Å². The van der Waals surface area contributed by atoms with Gasteiger partial charge in [0.1, 0.15) is 17.5 Å². The lowest BCUT2D eigenvalue weighted by Crippen LogP contribution is -2.51. The van der Waals surface area contributed by atoms with Crippen LogP contribution in [-0.4, -0.2) is 42.5 Å². The van der Waals surface area contributed by atoms with Gasteiger partial charge in [0, 0.05) is 12.6 Å². The van der Waals surface area contributed by atoms with Crippen molar-refractivity contribution in [3.05, 3.63) is 58.1 Å². The van der Waals surface area contributed by atoms with Crippen LogP contribution in [-0.2, 0) is 16.1 Å². The zero-order valence-electron chi connectivity index (χ0n) is 21.1. The molecule has 6 nitrogen and oxygen atoms in total. The predicted molar refractivity (Wildman–Crippen MR) is 139 cm³/mol. The number of carbonyl (C=O) groups is 2. The molecule has 186 valence electrons. The van der Waals surface area contributed by atoms with Crippen molar-refractivity contribution in [1.29, 1.82) is 0 Å². The maximum absolute atomic E-state index is 13.4. The Morgan fingerprint density at radius 1 is 1.03 bits per heavy atom. The van der Waals surface area contributed by atoms with Crippen LogP contribution in [0.4, 0.5) is 0 Å². The number of methoxy groups -OCH3 is 1. The highest BCUT2D eigenvalue weighted by Gasteiger charge is 2.29. The van der Waals surface area contributed by atoms with Gasteiger partial charge in [-0.05, 0) is 77.0 Å². The van der Waals surface area contributed by atoms with Crippen LogP contribution in [0.2, 0.25) is 0 Å². The first-order chi connectivity index (χ1) is 16.2. The molecule has 34 heavy (non-hydrogen) atoms. The largest absolute Gasteiger partial charge is 0.497 e. The van der Waals surface area contributed by atoms with E-state index in [1.807, 2.05) is 63.2 Å². The molecule has 0 aromatic heterocycles. The fourth-order valence-electron chi connectivity index (χ4n) is 3.50. The number of hydrogen-bond acceptors (Lipinski definition) is 4. The molecular formula is C27H37BrN2O4. The summed E-state index contributed by atoms with van der Waals surface area (Å²) < 4.78 is 11.9. The van der Waals surface area contributed by atoms with E-state index in [-0.39, 0.29) is 24.5 Å². The van der Waals surface area contributed by atoms with Gasteiger partial charge in [-0.15, -0.1) is 0 Å². The molecular weight excluding hydrogens is 496 g/mol. The van der Waals surface area contributed by atoms with E-state index in [0.29, 0.717) is 24.6 Å². The Bertz CT molecular complexity index is 946. The van der Waals surface area contributed by atoms with Gasteiger partial charge in [0.25, 0.3) is 5.91 Å². The predicted octanol–water partition coefficient (Wildman–Crippen LogP) is 5.68. The number of nitrogens with one attached hydrogen (secondary N) is 1. The Balaban J connectivity index is 2.23. The molecule has 1 N–H and O–H groups in total. The molecule has 2 amide bonds. The van der Waals surface area contributed by atoms with E-state index >= 15 is 0 Å². The highest BCUT2D eigenvalue weighted by Crippen LogP contribution is 2.29. The molecule has 0 radical (unpaired) electrons. The van der Waals surface area contributed by atoms with Crippen LogP contribution in [0.25, 0.3) is 0 Å². The second-order valence-electron chi connectivity index (χ2n) is 8.74. The van der Waals surface area contributed by atoms with Crippen molar-refractivity contribution >= 4 is 27.7 Å². The first-order valence-electron chi connectivity index (χ1n) is 11.8. The first-order valence-corrected chi connectivity index (χ1v) is 12.6. The van der Waals surface area contributed by atoms with E-state index in [9.17, 15) is 9.59 Å². The standard InChI is InChI=1S/C27H37BrN2O4/c1-7-19(5)29-27(32)24(8-2)30(16-20-9-12-22(33-6)13-10-20)26(31)17-34-25-14-11-21(18(3)4)15-23(25)28/h9-15,18-19,24H,7-8,16-17H2,1-6H3,(H,29,32)/t19-,24+/m0/s1. The summed E-state index contributed by atoms with van der Waals surface area (Å²) in [6.45, 7) is 10.3. The number of benzene rings is 2. The highest BCUT2D eigenvalue weighted by molar-refractivity contribution is 9.10. The average Bonchev–Trinajstić information content (AvgIpc) is 2.83. The van der Waals surface area contributed by atoms with Gasteiger partial charge in [-0.3, -0.25) is 9.59 Å². The fourth-order valence-corrected chi connectivity index (χ4v) is 4.01. The molecule has 2 atom stereocenters. The SMILES string of the molecule is CC[C@H](C(=O)N[C@@H](C)CC)N(Cc1ccc(OC)cc1)C(=O)COc1ccc(C(C)C)cc1Br. The monoisotopic (exact) mass is 532 g/mol. The van der Waals surface area contributed by atoms with E-state index < -0.39 is 6.04 Å². The molecule has 0 spiro atoms. The number of halogens is 1. The van der Waals surface area contributed by atoms with Crippen molar-refractivity contribution in [1.82, 2.24) is 10.2 Å².